The largest absolute Gasteiger partial charge is 0.303 e. The molecule has 0 aliphatic rings. The Balaban J connectivity index is 2.95. The summed E-state index contributed by atoms with van der Waals surface area (Å²) in [5, 5.41) is 0. The highest BCUT2D eigenvalue weighted by molar-refractivity contribution is 5.64. The fourth-order valence-corrected chi connectivity index (χ4v) is 0.995. The number of carbonyl (C=O) groups excluding carboxylic acids is 2. The van der Waals surface area contributed by atoms with Crippen molar-refractivity contribution in [3.63, 3.8) is 0 Å². The average Bonchev–Trinajstić information content (AvgIpc) is 2.10. The molecule has 68 valence electrons. The van der Waals surface area contributed by atoms with E-state index in [4.69, 9.17) is 0 Å². The molecule has 12 heavy (non-hydrogen) atoms. The molecule has 2 heteroatoms. The molecular weight excluding hydrogens is 152 g/mol. The molecule has 0 aromatic rings. The van der Waals surface area contributed by atoms with Gasteiger partial charge in [-0.15, -0.1) is 0 Å². The van der Waals surface area contributed by atoms with Crippen LogP contribution >= 0.6 is 0 Å². The van der Waals surface area contributed by atoms with Crippen molar-refractivity contribution in [2.75, 3.05) is 0 Å². The highest BCUT2D eigenvalue weighted by Crippen LogP contribution is 2.04. The molecule has 0 rings (SSSR count). The van der Waals surface area contributed by atoms with E-state index in [1.54, 1.807) is 0 Å². The fourth-order valence-electron chi connectivity index (χ4n) is 0.995. The Bertz CT molecular complexity index is 139. The van der Waals surface area contributed by atoms with Gasteiger partial charge >= 0.3 is 0 Å². The summed E-state index contributed by atoms with van der Waals surface area (Å²) in [5.41, 5.74) is 0. The van der Waals surface area contributed by atoms with Crippen LogP contribution in [0.2, 0.25) is 0 Å². The van der Waals surface area contributed by atoms with Gasteiger partial charge in [0.15, 0.2) is 0 Å². The van der Waals surface area contributed by atoms with Crippen molar-refractivity contribution < 1.29 is 9.59 Å². The molecule has 0 N–H and O–H groups in total. The molecule has 0 aliphatic carbocycles. The van der Waals surface area contributed by atoms with Gasteiger partial charge in [0.25, 0.3) is 0 Å². The van der Waals surface area contributed by atoms with Gasteiger partial charge in [-0.05, 0) is 25.3 Å². The lowest BCUT2D eigenvalue weighted by molar-refractivity contribution is -0.108. The summed E-state index contributed by atoms with van der Waals surface area (Å²) >= 11 is 0. The Morgan fingerprint density at radius 3 is 2.08 bits per heavy atom. The zero-order valence-corrected chi connectivity index (χ0v) is 7.37. The maximum absolute atomic E-state index is 9.93. The van der Waals surface area contributed by atoms with Gasteiger partial charge in [-0.25, -0.2) is 0 Å². The summed E-state index contributed by atoms with van der Waals surface area (Å²) in [6.45, 7) is 0. The summed E-state index contributed by atoms with van der Waals surface area (Å²) in [6, 6.07) is 0. The van der Waals surface area contributed by atoms with E-state index in [-0.39, 0.29) is 0 Å². The molecule has 0 aliphatic heterocycles. The van der Waals surface area contributed by atoms with Crippen LogP contribution in [-0.4, -0.2) is 12.6 Å². The van der Waals surface area contributed by atoms with Crippen molar-refractivity contribution in [3.05, 3.63) is 12.2 Å². The SMILES string of the molecule is O=C/C=C/CCCCCCC=O. The number of unbranched alkanes of at least 4 members (excludes halogenated alkanes) is 5. The average molecular weight is 168 g/mol. The van der Waals surface area contributed by atoms with Crippen LogP contribution in [0.1, 0.15) is 38.5 Å². The van der Waals surface area contributed by atoms with Gasteiger partial charge in [-0.3, -0.25) is 4.79 Å². The van der Waals surface area contributed by atoms with E-state index in [1.807, 2.05) is 6.08 Å². The van der Waals surface area contributed by atoms with Crippen molar-refractivity contribution in [3.8, 4) is 0 Å². The van der Waals surface area contributed by atoms with Crippen molar-refractivity contribution in [2.24, 2.45) is 0 Å². The minimum Gasteiger partial charge on any atom is -0.303 e. The quantitative estimate of drug-likeness (QED) is 0.316. The first kappa shape index (κ1) is 11.1. The molecule has 2 nitrogen and oxygen atoms in total. The van der Waals surface area contributed by atoms with Gasteiger partial charge in [0.2, 0.25) is 0 Å². The molecule has 0 fully saturated rings. The third kappa shape index (κ3) is 9.08. The second kappa shape index (κ2) is 10.1. The minimum absolute atomic E-state index is 0.685. The van der Waals surface area contributed by atoms with Crippen LogP contribution in [0.5, 0.6) is 0 Å². The predicted octanol–water partition coefficient (Wildman–Crippen LogP) is 2.28. The van der Waals surface area contributed by atoms with Crippen LogP contribution in [0, 0.1) is 0 Å². The normalized spacial score (nSPS) is 10.3. The van der Waals surface area contributed by atoms with Crippen molar-refractivity contribution in [2.45, 2.75) is 38.5 Å². The number of aldehydes is 2. The molecule has 0 amide bonds. The molecule has 0 aromatic heterocycles. The van der Waals surface area contributed by atoms with Crippen molar-refractivity contribution >= 4 is 12.6 Å². The van der Waals surface area contributed by atoms with Crippen molar-refractivity contribution in [1.29, 1.82) is 0 Å². The lowest BCUT2D eigenvalue weighted by Crippen LogP contribution is -1.79. The molecule has 0 saturated carbocycles. The molecular formula is C10H16O2. The highest BCUT2D eigenvalue weighted by atomic mass is 16.1. The van der Waals surface area contributed by atoms with E-state index in [0.29, 0.717) is 6.42 Å². The zero-order valence-electron chi connectivity index (χ0n) is 7.37. The second-order valence-corrected chi connectivity index (χ2v) is 2.72. The first-order valence-corrected chi connectivity index (χ1v) is 4.45. The van der Waals surface area contributed by atoms with Crippen LogP contribution in [-0.2, 0) is 9.59 Å². The summed E-state index contributed by atoms with van der Waals surface area (Å²) < 4.78 is 0. The molecule has 0 atom stereocenters. The van der Waals surface area contributed by atoms with E-state index in [0.717, 1.165) is 44.7 Å². The van der Waals surface area contributed by atoms with E-state index in [9.17, 15) is 9.59 Å². The Morgan fingerprint density at radius 2 is 1.50 bits per heavy atom. The van der Waals surface area contributed by atoms with Crippen LogP contribution in [0.25, 0.3) is 0 Å². The first-order chi connectivity index (χ1) is 5.91. The summed E-state index contributed by atoms with van der Waals surface area (Å²) in [7, 11) is 0. The molecule has 0 radical (unpaired) electrons. The molecule has 0 heterocycles. The molecule has 0 unspecified atom stereocenters. The number of carbonyl (C=O) groups is 2. The van der Waals surface area contributed by atoms with E-state index in [2.05, 4.69) is 0 Å². The van der Waals surface area contributed by atoms with Gasteiger partial charge < -0.3 is 4.79 Å². The number of hydrogen-bond donors (Lipinski definition) is 0. The Morgan fingerprint density at radius 1 is 0.833 bits per heavy atom. The molecule has 0 bridgehead atoms. The summed E-state index contributed by atoms with van der Waals surface area (Å²) in [5.74, 6) is 0. The summed E-state index contributed by atoms with van der Waals surface area (Å²) in [4.78, 5) is 19.8. The highest BCUT2D eigenvalue weighted by Gasteiger charge is 1.87. The third-order valence-electron chi connectivity index (χ3n) is 1.66. The first-order valence-electron chi connectivity index (χ1n) is 4.45. The lowest BCUT2D eigenvalue weighted by Gasteiger charge is -1.94. The zero-order chi connectivity index (χ0) is 9.07. The van der Waals surface area contributed by atoms with Gasteiger partial charge in [0.1, 0.15) is 12.6 Å². The van der Waals surface area contributed by atoms with Crippen LogP contribution in [0.3, 0.4) is 0 Å². The minimum atomic E-state index is 0.685. The van der Waals surface area contributed by atoms with Crippen LogP contribution in [0.15, 0.2) is 12.2 Å². The maximum atomic E-state index is 9.93. The molecule has 0 aromatic carbocycles. The number of allylic oxidation sites excluding steroid dienone is 2. The van der Waals surface area contributed by atoms with E-state index in [1.165, 1.54) is 6.08 Å². The van der Waals surface area contributed by atoms with Crippen LogP contribution < -0.4 is 0 Å². The predicted molar refractivity (Wildman–Crippen MR) is 49.0 cm³/mol. The van der Waals surface area contributed by atoms with Gasteiger partial charge in [-0.1, -0.05) is 18.9 Å². The van der Waals surface area contributed by atoms with E-state index < -0.39 is 0 Å². The van der Waals surface area contributed by atoms with Crippen molar-refractivity contribution in [1.82, 2.24) is 0 Å². The number of rotatable bonds is 8. The monoisotopic (exact) mass is 168 g/mol. The van der Waals surface area contributed by atoms with Crippen LogP contribution in [0.4, 0.5) is 0 Å². The van der Waals surface area contributed by atoms with Gasteiger partial charge in [0, 0.05) is 6.42 Å². The molecule has 0 spiro atoms. The Kier molecular flexibility index (Phi) is 9.31. The Hall–Kier alpha value is -0.920. The maximum Gasteiger partial charge on any atom is 0.142 e. The van der Waals surface area contributed by atoms with Gasteiger partial charge in [0.05, 0.1) is 0 Å². The standard InChI is InChI=1S/C10H16O2/c11-9-7-5-3-1-2-4-6-8-10-12/h5,7,9-10H,1-4,6,8H2/b7-5+. The Labute approximate surface area is 73.7 Å². The third-order valence-corrected chi connectivity index (χ3v) is 1.66. The van der Waals surface area contributed by atoms with Gasteiger partial charge in [-0.2, -0.15) is 0 Å². The number of hydrogen-bond acceptors (Lipinski definition) is 2. The summed E-state index contributed by atoms with van der Waals surface area (Å²) in [6.07, 6.45) is 11.2. The molecule has 0 saturated heterocycles. The van der Waals surface area contributed by atoms with E-state index >= 15 is 0 Å². The lowest BCUT2D eigenvalue weighted by atomic mass is 10.1. The fraction of sp³-hybridized carbons (Fsp3) is 0.600. The second-order valence-electron chi connectivity index (χ2n) is 2.72. The smallest absolute Gasteiger partial charge is 0.142 e. The topological polar surface area (TPSA) is 34.1 Å².